The van der Waals surface area contributed by atoms with Gasteiger partial charge in [0, 0.05) is 0 Å². The Labute approximate surface area is 92.1 Å². The van der Waals surface area contributed by atoms with E-state index in [1.165, 1.54) is 31.2 Å². The van der Waals surface area contributed by atoms with Crippen molar-refractivity contribution in [2.75, 3.05) is 0 Å². The lowest BCUT2D eigenvalue weighted by molar-refractivity contribution is 0.102. The van der Waals surface area contributed by atoms with E-state index in [-0.39, 0.29) is 6.10 Å². The second-order valence-electron chi connectivity index (χ2n) is 4.64. The van der Waals surface area contributed by atoms with Crippen LogP contribution in [-0.2, 0) is 6.42 Å². The van der Waals surface area contributed by atoms with Crippen LogP contribution in [0.5, 0.6) is 0 Å². The molecule has 1 nitrogen and oxygen atoms in total. The molecule has 0 aliphatic heterocycles. The first-order valence-corrected chi connectivity index (χ1v) is 6.08. The van der Waals surface area contributed by atoms with Gasteiger partial charge in [0.05, 0.1) is 6.10 Å². The second-order valence-corrected chi connectivity index (χ2v) is 4.64. The molecular formula is C14H20O. The van der Waals surface area contributed by atoms with Gasteiger partial charge in [0.25, 0.3) is 0 Å². The van der Waals surface area contributed by atoms with Crippen molar-refractivity contribution in [3.63, 3.8) is 0 Å². The van der Waals surface area contributed by atoms with Gasteiger partial charge in [-0.25, -0.2) is 0 Å². The second kappa shape index (κ2) is 5.32. The van der Waals surface area contributed by atoms with E-state index in [9.17, 15) is 5.11 Å². The Morgan fingerprint density at radius 3 is 2.47 bits per heavy atom. The smallest absolute Gasteiger partial charge is 0.0571 e. The molecule has 0 spiro atoms. The first-order valence-electron chi connectivity index (χ1n) is 6.08. The first-order chi connectivity index (χ1) is 7.36. The van der Waals surface area contributed by atoms with Gasteiger partial charge in [-0.15, -0.1) is 0 Å². The van der Waals surface area contributed by atoms with Crippen LogP contribution >= 0.6 is 0 Å². The first kappa shape index (κ1) is 10.7. The molecule has 0 heterocycles. The zero-order valence-electron chi connectivity index (χ0n) is 9.23. The van der Waals surface area contributed by atoms with Gasteiger partial charge in [0.2, 0.25) is 0 Å². The Morgan fingerprint density at radius 1 is 1.13 bits per heavy atom. The van der Waals surface area contributed by atoms with E-state index >= 15 is 0 Å². The largest absolute Gasteiger partial charge is 0.393 e. The fourth-order valence-electron chi connectivity index (χ4n) is 2.54. The molecule has 0 saturated heterocycles. The lowest BCUT2D eigenvalue weighted by Gasteiger charge is -2.17. The van der Waals surface area contributed by atoms with E-state index in [2.05, 4.69) is 24.3 Å². The van der Waals surface area contributed by atoms with Gasteiger partial charge in [0.1, 0.15) is 0 Å². The molecule has 1 aliphatic carbocycles. The Balaban J connectivity index is 1.77. The number of aliphatic hydroxyl groups is 1. The van der Waals surface area contributed by atoms with Crippen LogP contribution < -0.4 is 0 Å². The average molecular weight is 204 g/mol. The molecule has 0 bridgehead atoms. The normalized spacial score (nSPS) is 19.3. The van der Waals surface area contributed by atoms with Crippen molar-refractivity contribution in [3.05, 3.63) is 35.9 Å². The van der Waals surface area contributed by atoms with Gasteiger partial charge in [-0.1, -0.05) is 43.2 Å². The molecule has 0 radical (unpaired) electrons. The highest BCUT2D eigenvalue weighted by molar-refractivity contribution is 5.14. The molecule has 15 heavy (non-hydrogen) atoms. The van der Waals surface area contributed by atoms with Gasteiger partial charge in [-0.3, -0.25) is 0 Å². The van der Waals surface area contributed by atoms with Crippen molar-refractivity contribution in [2.45, 2.75) is 44.6 Å². The minimum atomic E-state index is -0.0762. The fraction of sp³-hybridized carbons (Fsp3) is 0.571. The van der Waals surface area contributed by atoms with Crippen molar-refractivity contribution in [3.8, 4) is 0 Å². The molecule has 1 heteroatoms. The standard InChI is InChI=1S/C14H20O/c15-14(13-8-4-5-9-13)11-10-12-6-2-1-3-7-12/h1-3,6-7,13-15H,4-5,8-11H2. The molecule has 2 rings (SSSR count). The van der Waals surface area contributed by atoms with Crippen LogP contribution in [0.25, 0.3) is 0 Å². The molecular weight excluding hydrogens is 184 g/mol. The predicted molar refractivity (Wildman–Crippen MR) is 62.7 cm³/mol. The van der Waals surface area contributed by atoms with Gasteiger partial charge in [-0.2, -0.15) is 0 Å². The van der Waals surface area contributed by atoms with Gasteiger partial charge >= 0.3 is 0 Å². The van der Waals surface area contributed by atoms with E-state index in [0.717, 1.165) is 12.8 Å². The van der Waals surface area contributed by atoms with E-state index in [1.54, 1.807) is 0 Å². The number of hydrogen-bond donors (Lipinski definition) is 1. The van der Waals surface area contributed by atoms with E-state index < -0.39 is 0 Å². The Bertz CT molecular complexity index is 275. The minimum absolute atomic E-state index is 0.0762. The Morgan fingerprint density at radius 2 is 1.80 bits per heavy atom. The topological polar surface area (TPSA) is 20.2 Å². The number of rotatable bonds is 4. The summed E-state index contributed by atoms with van der Waals surface area (Å²) in [5, 5.41) is 10.0. The molecule has 1 unspecified atom stereocenters. The summed E-state index contributed by atoms with van der Waals surface area (Å²) in [5.41, 5.74) is 1.34. The molecule has 1 saturated carbocycles. The highest BCUT2D eigenvalue weighted by atomic mass is 16.3. The summed E-state index contributed by atoms with van der Waals surface area (Å²) >= 11 is 0. The number of benzene rings is 1. The minimum Gasteiger partial charge on any atom is -0.393 e. The third kappa shape index (κ3) is 3.07. The highest BCUT2D eigenvalue weighted by Crippen LogP contribution is 2.29. The molecule has 1 fully saturated rings. The van der Waals surface area contributed by atoms with Crippen molar-refractivity contribution < 1.29 is 5.11 Å². The van der Waals surface area contributed by atoms with E-state index in [1.807, 2.05) is 6.07 Å². The van der Waals surface area contributed by atoms with Crippen molar-refractivity contribution in [1.82, 2.24) is 0 Å². The average Bonchev–Trinajstić information content (AvgIpc) is 2.81. The van der Waals surface area contributed by atoms with Crippen LogP contribution in [-0.4, -0.2) is 11.2 Å². The molecule has 1 N–H and O–H groups in total. The van der Waals surface area contributed by atoms with Crippen LogP contribution in [0.15, 0.2) is 30.3 Å². The molecule has 82 valence electrons. The molecule has 1 aromatic carbocycles. The van der Waals surface area contributed by atoms with Gasteiger partial charge in [-0.05, 0) is 37.2 Å². The Hall–Kier alpha value is -0.820. The van der Waals surface area contributed by atoms with Crippen LogP contribution in [0.2, 0.25) is 0 Å². The van der Waals surface area contributed by atoms with Crippen LogP contribution in [0.4, 0.5) is 0 Å². The number of hydrogen-bond acceptors (Lipinski definition) is 1. The van der Waals surface area contributed by atoms with Gasteiger partial charge in [0.15, 0.2) is 0 Å². The lowest BCUT2D eigenvalue weighted by atomic mass is 9.95. The SMILES string of the molecule is OC(CCc1ccccc1)C1CCCC1. The summed E-state index contributed by atoms with van der Waals surface area (Å²) in [6, 6.07) is 10.5. The number of aryl methyl sites for hydroxylation is 1. The Kier molecular flexibility index (Phi) is 3.79. The highest BCUT2D eigenvalue weighted by Gasteiger charge is 2.22. The molecule has 1 aliphatic rings. The summed E-state index contributed by atoms with van der Waals surface area (Å²) in [6.45, 7) is 0. The maximum atomic E-state index is 10.0. The van der Waals surface area contributed by atoms with Crippen molar-refractivity contribution >= 4 is 0 Å². The molecule has 1 aromatic rings. The summed E-state index contributed by atoms with van der Waals surface area (Å²) in [7, 11) is 0. The van der Waals surface area contributed by atoms with Gasteiger partial charge < -0.3 is 5.11 Å². The third-order valence-corrected chi connectivity index (χ3v) is 3.52. The van der Waals surface area contributed by atoms with E-state index in [4.69, 9.17) is 0 Å². The van der Waals surface area contributed by atoms with Crippen molar-refractivity contribution in [2.24, 2.45) is 5.92 Å². The maximum Gasteiger partial charge on any atom is 0.0571 e. The summed E-state index contributed by atoms with van der Waals surface area (Å²) in [6.07, 6.45) is 6.95. The molecule has 0 aromatic heterocycles. The summed E-state index contributed by atoms with van der Waals surface area (Å²) in [4.78, 5) is 0. The number of aliphatic hydroxyl groups excluding tert-OH is 1. The predicted octanol–water partition coefficient (Wildman–Crippen LogP) is 3.17. The quantitative estimate of drug-likeness (QED) is 0.798. The van der Waals surface area contributed by atoms with Crippen LogP contribution in [0.1, 0.15) is 37.7 Å². The zero-order chi connectivity index (χ0) is 10.5. The van der Waals surface area contributed by atoms with Crippen molar-refractivity contribution in [1.29, 1.82) is 0 Å². The molecule has 1 atom stereocenters. The zero-order valence-corrected chi connectivity index (χ0v) is 9.23. The third-order valence-electron chi connectivity index (χ3n) is 3.52. The monoisotopic (exact) mass is 204 g/mol. The summed E-state index contributed by atoms with van der Waals surface area (Å²) < 4.78 is 0. The lowest BCUT2D eigenvalue weighted by Crippen LogP contribution is -2.18. The maximum absolute atomic E-state index is 10.0. The fourth-order valence-corrected chi connectivity index (χ4v) is 2.54. The van der Waals surface area contributed by atoms with Crippen LogP contribution in [0.3, 0.4) is 0 Å². The summed E-state index contributed by atoms with van der Waals surface area (Å²) in [5.74, 6) is 0.578. The van der Waals surface area contributed by atoms with E-state index in [0.29, 0.717) is 5.92 Å². The molecule has 0 amide bonds. The van der Waals surface area contributed by atoms with Crippen LogP contribution in [0, 0.1) is 5.92 Å².